The molecule has 0 radical (unpaired) electrons. The van der Waals surface area contributed by atoms with Gasteiger partial charge in [0.15, 0.2) is 0 Å². The number of hydrogen-bond acceptors (Lipinski definition) is 5. The molecule has 0 aliphatic carbocycles. The van der Waals surface area contributed by atoms with Gasteiger partial charge in [-0.15, -0.1) is 0 Å². The third-order valence-electron chi connectivity index (χ3n) is 4.70. The van der Waals surface area contributed by atoms with Crippen molar-refractivity contribution in [1.82, 2.24) is 19.8 Å². The molecular formula is C18H28N4O4S. The van der Waals surface area contributed by atoms with Crippen LogP contribution in [0.25, 0.3) is 0 Å². The van der Waals surface area contributed by atoms with E-state index in [0.29, 0.717) is 31.7 Å². The maximum Gasteiger partial charge on any atom is 0.251 e. The summed E-state index contributed by atoms with van der Waals surface area (Å²) in [5.74, 6) is -0.298. The van der Waals surface area contributed by atoms with E-state index in [0.717, 1.165) is 6.42 Å². The van der Waals surface area contributed by atoms with Crippen molar-refractivity contribution in [3.63, 3.8) is 0 Å². The van der Waals surface area contributed by atoms with E-state index >= 15 is 0 Å². The smallest absolute Gasteiger partial charge is 0.251 e. The minimum Gasteiger partial charge on any atom is -0.355 e. The minimum atomic E-state index is -3.61. The van der Waals surface area contributed by atoms with Gasteiger partial charge >= 0.3 is 0 Å². The van der Waals surface area contributed by atoms with E-state index in [1.165, 1.54) is 35.6 Å². The summed E-state index contributed by atoms with van der Waals surface area (Å²) in [4.78, 5) is 25.7. The Hall–Kier alpha value is -1.97. The van der Waals surface area contributed by atoms with E-state index in [1.807, 2.05) is 18.7 Å². The quantitative estimate of drug-likeness (QED) is 0.689. The number of carbonyl (C=O) groups excluding carboxylic acids is 2. The number of nitrogens with one attached hydrogen (secondary N) is 2. The Labute approximate surface area is 161 Å². The lowest BCUT2D eigenvalue weighted by Crippen LogP contribution is -2.51. The second kappa shape index (κ2) is 9.29. The van der Waals surface area contributed by atoms with Crippen LogP contribution in [0.15, 0.2) is 29.2 Å². The first-order valence-corrected chi connectivity index (χ1v) is 10.6. The molecule has 1 atom stereocenters. The van der Waals surface area contributed by atoms with E-state index < -0.39 is 10.0 Å². The van der Waals surface area contributed by atoms with Gasteiger partial charge in [-0.25, -0.2) is 8.42 Å². The molecule has 1 aromatic carbocycles. The van der Waals surface area contributed by atoms with Crippen LogP contribution in [0, 0.1) is 0 Å². The molecular weight excluding hydrogens is 368 g/mol. The predicted molar refractivity (Wildman–Crippen MR) is 103 cm³/mol. The Morgan fingerprint density at radius 2 is 1.70 bits per heavy atom. The second-order valence-electron chi connectivity index (χ2n) is 6.66. The molecule has 2 N–H and O–H groups in total. The van der Waals surface area contributed by atoms with Crippen molar-refractivity contribution in [3.8, 4) is 0 Å². The van der Waals surface area contributed by atoms with Gasteiger partial charge in [0, 0.05) is 44.8 Å². The molecule has 1 aliphatic heterocycles. The number of sulfonamides is 1. The van der Waals surface area contributed by atoms with Gasteiger partial charge in [-0.3, -0.25) is 14.5 Å². The molecule has 1 saturated heterocycles. The molecule has 0 saturated carbocycles. The summed E-state index contributed by atoms with van der Waals surface area (Å²) in [6.07, 6.45) is 0.871. The van der Waals surface area contributed by atoms with Crippen molar-refractivity contribution in [1.29, 1.82) is 0 Å². The predicted octanol–water partition coefficient (Wildman–Crippen LogP) is 0.267. The van der Waals surface area contributed by atoms with E-state index in [1.54, 1.807) is 0 Å². The summed E-state index contributed by atoms with van der Waals surface area (Å²) < 4.78 is 27.0. The fourth-order valence-electron chi connectivity index (χ4n) is 2.83. The highest BCUT2D eigenvalue weighted by molar-refractivity contribution is 7.89. The maximum atomic E-state index is 12.8. The van der Waals surface area contributed by atoms with Crippen molar-refractivity contribution >= 4 is 21.8 Å². The molecule has 0 aromatic heterocycles. The van der Waals surface area contributed by atoms with Crippen molar-refractivity contribution in [3.05, 3.63) is 29.8 Å². The summed E-state index contributed by atoms with van der Waals surface area (Å²) in [5.41, 5.74) is 0.411. The lowest BCUT2D eigenvalue weighted by atomic mass is 10.2. The second-order valence-corrected chi connectivity index (χ2v) is 8.60. The Morgan fingerprint density at radius 1 is 1.11 bits per heavy atom. The number of amides is 2. The lowest BCUT2D eigenvalue weighted by Gasteiger charge is -2.33. The Bertz CT molecular complexity index is 756. The molecule has 1 aliphatic rings. The summed E-state index contributed by atoms with van der Waals surface area (Å²) in [7, 11) is -2.09. The zero-order valence-electron chi connectivity index (χ0n) is 16.1. The van der Waals surface area contributed by atoms with Crippen molar-refractivity contribution in [2.45, 2.75) is 31.2 Å². The topological polar surface area (TPSA) is 98.8 Å². The number of nitrogens with zero attached hydrogens (tertiary/aromatic N) is 2. The summed E-state index contributed by atoms with van der Waals surface area (Å²) in [6.45, 7) is 5.91. The third kappa shape index (κ3) is 5.50. The number of piperazine rings is 1. The van der Waals surface area contributed by atoms with Gasteiger partial charge in [0.1, 0.15) is 0 Å². The van der Waals surface area contributed by atoms with E-state index in [9.17, 15) is 18.0 Å². The van der Waals surface area contributed by atoms with Gasteiger partial charge in [-0.2, -0.15) is 4.31 Å². The van der Waals surface area contributed by atoms with Crippen LogP contribution < -0.4 is 10.6 Å². The maximum absolute atomic E-state index is 12.8. The average Bonchev–Trinajstić information content (AvgIpc) is 2.67. The Balaban J connectivity index is 1.94. The van der Waals surface area contributed by atoms with Gasteiger partial charge in [0.05, 0.1) is 11.4 Å². The zero-order chi connectivity index (χ0) is 20.0. The normalized spacial score (nSPS) is 17.3. The Kier molecular flexibility index (Phi) is 7.34. The molecule has 1 fully saturated rings. The molecule has 0 unspecified atom stereocenters. The molecule has 8 nitrogen and oxygen atoms in total. The summed E-state index contributed by atoms with van der Waals surface area (Å²) in [6, 6.07) is 6.04. The lowest BCUT2D eigenvalue weighted by molar-refractivity contribution is -0.123. The fraction of sp³-hybridized carbons (Fsp3) is 0.556. The number of carbonyl (C=O) groups is 2. The summed E-state index contributed by atoms with van der Waals surface area (Å²) in [5, 5.41) is 5.42. The SMILES string of the molecule is CC[C@@H](C)NC(=O)CN1CCN(S(=O)(=O)c2ccc(C(=O)NC)cc2)CC1. The number of rotatable bonds is 7. The fourth-order valence-corrected chi connectivity index (χ4v) is 4.25. The van der Waals surface area contributed by atoms with Gasteiger partial charge in [-0.1, -0.05) is 6.92 Å². The molecule has 9 heteroatoms. The van der Waals surface area contributed by atoms with Crippen molar-refractivity contribution in [2.24, 2.45) is 0 Å². The standard InChI is InChI=1S/C18H28N4O4S/c1-4-14(2)20-17(23)13-21-9-11-22(12-10-21)27(25,26)16-7-5-15(6-8-16)18(24)19-3/h5-8,14H,4,9-13H2,1-3H3,(H,19,24)(H,20,23)/t14-/m1/s1. The average molecular weight is 397 g/mol. The van der Waals surface area contributed by atoms with Crippen molar-refractivity contribution < 1.29 is 18.0 Å². The van der Waals surface area contributed by atoms with Crippen LogP contribution >= 0.6 is 0 Å². The molecule has 2 rings (SSSR count). The molecule has 0 spiro atoms. The van der Waals surface area contributed by atoms with Crippen LogP contribution in [0.2, 0.25) is 0 Å². The first-order valence-electron chi connectivity index (χ1n) is 9.12. The number of hydrogen-bond donors (Lipinski definition) is 2. The highest BCUT2D eigenvalue weighted by Crippen LogP contribution is 2.18. The van der Waals surface area contributed by atoms with Gasteiger partial charge in [-0.05, 0) is 37.6 Å². The largest absolute Gasteiger partial charge is 0.355 e. The van der Waals surface area contributed by atoms with Gasteiger partial charge in [0.25, 0.3) is 5.91 Å². The van der Waals surface area contributed by atoms with Crippen LogP contribution in [-0.4, -0.2) is 75.3 Å². The number of benzene rings is 1. The molecule has 27 heavy (non-hydrogen) atoms. The first-order chi connectivity index (χ1) is 12.8. The van der Waals surface area contributed by atoms with E-state index in [-0.39, 0.29) is 29.3 Å². The first kappa shape index (κ1) is 21.3. The van der Waals surface area contributed by atoms with Crippen LogP contribution in [0.3, 0.4) is 0 Å². The van der Waals surface area contributed by atoms with Gasteiger partial charge in [0.2, 0.25) is 15.9 Å². The zero-order valence-corrected chi connectivity index (χ0v) is 16.9. The third-order valence-corrected chi connectivity index (χ3v) is 6.61. The summed E-state index contributed by atoms with van der Waals surface area (Å²) >= 11 is 0. The van der Waals surface area contributed by atoms with Crippen molar-refractivity contribution in [2.75, 3.05) is 39.8 Å². The molecule has 2 amide bonds. The highest BCUT2D eigenvalue weighted by Gasteiger charge is 2.29. The van der Waals surface area contributed by atoms with Gasteiger partial charge < -0.3 is 10.6 Å². The van der Waals surface area contributed by atoms with Crippen LogP contribution in [0.4, 0.5) is 0 Å². The van der Waals surface area contributed by atoms with Crippen LogP contribution in [0.1, 0.15) is 30.6 Å². The van der Waals surface area contributed by atoms with Crippen LogP contribution in [-0.2, 0) is 14.8 Å². The molecule has 1 aromatic rings. The minimum absolute atomic E-state index is 0.0366. The van der Waals surface area contributed by atoms with Crippen LogP contribution in [0.5, 0.6) is 0 Å². The highest BCUT2D eigenvalue weighted by atomic mass is 32.2. The van der Waals surface area contributed by atoms with E-state index in [2.05, 4.69) is 10.6 Å². The molecule has 1 heterocycles. The van der Waals surface area contributed by atoms with E-state index in [4.69, 9.17) is 0 Å². The molecule has 150 valence electrons. The monoisotopic (exact) mass is 396 g/mol. The molecule has 0 bridgehead atoms. The Morgan fingerprint density at radius 3 is 2.22 bits per heavy atom.